The van der Waals surface area contributed by atoms with Gasteiger partial charge in [-0.3, -0.25) is 19.3 Å². The smallest absolute Gasteiger partial charge is 0.308 e. The number of nitrogens with zero attached hydrogens (tertiary/aromatic N) is 1. The average molecular weight is 227 g/mol. The zero-order chi connectivity index (χ0) is 12.5. The van der Waals surface area contributed by atoms with Crippen LogP contribution in [-0.4, -0.2) is 33.8 Å². The lowest BCUT2D eigenvalue weighted by atomic mass is 9.93. The molecule has 16 heavy (non-hydrogen) atoms. The van der Waals surface area contributed by atoms with Crippen molar-refractivity contribution >= 4 is 17.8 Å². The number of likely N-dealkylation sites (tertiary alicyclic amines) is 1. The lowest BCUT2D eigenvalue weighted by Crippen LogP contribution is -2.51. The van der Waals surface area contributed by atoms with Gasteiger partial charge in [0.1, 0.15) is 0 Å². The number of hydrogen-bond donors (Lipinski definition) is 1. The number of imide groups is 1. The molecule has 1 fully saturated rings. The van der Waals surface area contributed by atoms with Crippen LogP contribution in [0, 0.1) is 11.8 Å². The molecule has 1 N–H and O–H groups in total. The fourth-order valence-electron chi connectivity index (χ4n) is 1.89. The summed E-state index contributed by atoms with van der Waals surface area (Å²) in [7, 11) is 0. The van der Waals surface area contributed by atoms with Crippen LogP contribution in [0.4, 0.5) is 0 Å². The molecule has 0 aromatic rings. The van der Waals surface area contributed by atoms with E-state index in [0.717, 1.165) is 4.90 Å². The molecule has 90 valence electrons. The van der Waals surface area contributed by atoms with Gasteiger partial charge in [-0.25, -0.2) is 0 Å². The van der Waals surface area contributed by atoms with Gasteiger partial charge in [-0.15, -0.1) is 0 Å². The summed E-state index contributed by atoms with van der Waals surface area (Å²) < 4.78 is 0. The van der Waals surface area contributed by atoms with Crippen molar-refractivity contribution in [2.24, 2.45) is 11.8 Å². The fourth-order valence-corrected chi connectivity index (χ4v) is 1.89. The molecule has 0 aliphatic carbocycles. The summed E-state index contributed by atoms with van der Waals surface area (Å²) in [5, 5.41) is 8.86. The van der Waals surface area contributed by atoms with E-state index in [4.69, 9.17) is 5.11 Å². The Bertz CT molecular complexity index is 308. The molecule has 2 atom stereocenters. The molecule has 5 nitrogen and oxygen atoms in total. The third kappa shape index (κ3) is 2.40. The number of piperidine rings is 1. The van der Waals surface area contributed by atoms with E-state index in [-0.39, 0.29) is 17.7 Å². The Morgan fingerprint density at radius 3 is 2.12 bits per heavy atom. The molecule has 0 saturated carbocycles. The summed E-state index contributed by atoms with van der Waals surface area (Å²) in [6.07, 6.45) is 0.644. The Balaban J connectivity index is 2.82. The zero-order valence-corrected chi connectivity index (χ0v) is 9.77. The molecule has 2 amide bonds. The number of hydrogen-bond acceptors (Lipinski definition) is 3. The number of aliphatic carboxylic acids is 1. The largest absolute Gasteiger partial charge is 0.481 e. The average Bonchev–Trinajstić information content (AvgIpc) is 2.14. The van der Waals surface area contributed by atoms with E-state index in [9.17, 15) is 14.4 Å². The van der Waals surface area contributed by atoms with E-state index < -0.39 is 17.9 Å². The summed E-state index contributed by atoms with van der Waals surface area (Å²) in [4.78, 5) is 35.3. The van der Waals surface area contributed by atoms with Gasteiger partial charge in [0.15, 0.2) is 0 Å². The van der Waals surface area contributed by atoms with Crippen LogP contribution in [0.1, 0.15) is 33.6 Å². The lowest BCUT2D eigenvalue weighted by Gasteiger charge is -2.34. The predicted molar refractivity (Wildman–Crippen MR) is 56.5 cm³/mol. The van der Waals surface area contributed by atoms with E-state index in [1.54, 1.807) is 6.92 Å². The molecule has 1 heterocycles. The Labute approximate surface area is 94.4 Å². The minimum atomic E-state index is -0.994. The van der Waals surface area contributed by atoms with Gasteiger partial charge in [0.2, 0.25) is 11.8 Å². The molecule has 1 aliphatic rings. The van der Waals surface area contributed by atoms with Crippen LogP contribution >= 0.6 is 0 Å². The van der Waals surface area contributed by atoms with E-state index in [1.807, 2.05) is 6.92 Å². The number of carboxylic acid groups (broad SMARTS) is 1. The van der Waals surface area contributed by atoms with Crippen molar-refractivity contribution < 1.29 is 19.5 Å². The quantitative estimate of drug-likeness (QED) is 0.726. The van der Waals surface area contributed by atoms with E-state index in [0.29, 0.717) is 12.8 Å². The number of amides is 2. The monoisotopic (exact) mass is 227 g/mol. The van der Waals surface area contributed by atoms with Gasteiger partial charge in [-0.1, -0.05) is 6.92 Å². The van der Waals surface area contributed by atoms with Gasteiger partial charge >= 0.3 is 5.97 Å². The Kier molecular flexibility index (Phi) is 3.67. The van der Waals surface area contributed by atoms with Crippen molar-refractivity contribution in [1.29, 1.82) is 0 Å². The number of carbonyl (C=O) groups excluding carboxylic acids is 2. The first-order valence-corrected chi connectivity index (χ1v) is 5.42. The topological polar surface area (TPSA) is 74.7 Å². The summed E-state index contributed by atoms with van der Waals surface area (Å²) in [5.74, 6) is -2.19. The second-order valence-corrected chi connectivity index (χ2v) is 4.54. The predicted octanol–water partition coefficient (Wildman–Crippen LogP) is 0.881. The molecule has 1 saturated heterocycles. The van der Waals surface area contributed by atoms with Crippen LogP contribution < -0.4 is 0 Å². The van der Waals surface area contributed by atoms with Crippen molar-refractivity contribution in [3.8, 4) is 0 Å². The molecule has 0 aromatic heterocycles. The van der Waals surface area contributed by atoms with Crippen LogP contribution in [0.2, 0.25) is 0 Å². The highest BCUT2D eigenvalue weighted by molar-refractivity contribution is 5.98. The summed E-state index contributed by atoms with van der Waals surface area (Å²) in [6, 6.07) is -0.579. The maximum atomic E-state index is 11.7. The number of rotatable bonds is 3. The molecule has 0 aromatic carbocycles. The standard InChI is InChI=1S/C11H17NO4/c1-6-4-9(13)12(10(14)5-6)8(3)7(2)11(15)16/h6-8H,4-5H2,1-3H3,(H,15,16). The second-order valence-electron chi connectivity index (χ2n) is 4.54. The van der Waals surface area contributed by atoms with Gasteiger partial charge in [0.25, 0.3) is 0 Å². The molecule has 5 heteroatoms. The van der Waals surface area contributed by atoms with E-state index >= 15 is 0 Å². The van der Waals surface area contributed by atoms with Crippen molar-refractivity contribution in [1.82, 2.24) is 4.90 Å². The van der Waals surface area contributed by atoms with Crippen LogP contribution in [0.15, 0.2) is 0 Å². The van der Waals surface area contributed by atoms with E-state index in [1.165, 1.54) is 6.92 Å². The molecule has 1 aliphatic heterocycles. The normalized spacial score (nSPS) is 22.1. The van der Waals surface area contributed by atoms with Gasteiger partial charge in [0, 0.05) is 18.9 Å². The third-order valence-electron chi connectivity index (χ3n) is 3.10. The highest BCUT2D eigenvalue weighted by Gasteiger charge is 2.37. The lowest BCUT2D eigenvalue weighted by molar-refractivity contribution is -0.156. The van der Waals surface area contributed by atoms with Crippen LogP contribution in [0.3, 0.4) is 0 Å². The van der Waals surface area contributed by atoms with Gasteiger partial charge < -0.3 is 5.11 Å². The Morgan fingerprint density at radius 2 is 1.75 bits per heavy atom. The first kappa shape index (κ1) is 12.7. The minimum Gasteiger partial charge on any atom is -0.481 e. The molecule has 0 bridgehead atoms. The maximum Gasteiger partial charge on any atom is 0.308 e. The molecular formula is C11H17NO4. The second kappa shape index (κ2) is 4.63. The first-order chi connectivity index (χ1) is 7.34. The van der Waals surface area contributed by atoms with Crippen LogP contribution in [-0.2, 0) is 14.4 Å². The Hall–Kier alpha value is -1.39. The molecule has 0 radical (unpaired) electrons. The Morgan fingerprint density at radius 1 is 1.31 bits per heavy atom. The summed E-state index contributed by atoms with van der Waals surface area (Å²) in [5.41, 5.74) is 0. The zero-order valence-electron chi connectivity index (χ0n) is 9.77. The van der Waals surface area contributed by atoms with E-state index in [2.05, 4.69) is 0 Å². The minimum absolute atomic E-state index is 0.0589. The van der Waals surface area contributed by atoms with Crippen molar-refractivity contribution in [3.05, 3.63) is 0 Å². The van der Waals surface area contributed by atoms with Crippen molar-refractivity contribution in [3.63, 3.8) is 0 Å². The third-order valence-corrected chi connectivity index (χ3v) is 3.10. The van der Waals surface area contributed by atoms with Gasteiger partial charge in [-0.05, 0) is 19.8 Å². The summed E-state index contributed by atoms with van der Waals surface area (Å²) >= 11 is 0. The highest BCUT2D eigenvalue weighted by atomic mass is 16.4. The number of carbonyl (C=O) groups is 3. The van der Waals surface area contributed by atoms with Gasteiger partial charge in [0.05, 0.1) is 5.92 Å². The summed E-state index contributed by atoms with van der Waals surface area (Å²) in [6.45, 7) is 4.95. The SMILES string of the molecule is CC1CC(=O)N(C(C)C(C)C(=O)O)C(=O)C1. The highest BCUT2D eigenvalue weighted by Crippen LogP contribution is 2.23. The fraction of sp³-hybridized carbons (Fsp3) is 0.727. The molecule has 2 unspecified atom stereocenters. The first-order valence-electron chi connectivity index (χ1n) is 5.42. The molecule has 0 spiro atoms. The van der Waals surface area contributed by atoms with Crippen LogP contribution in [0.25, 0.3) is 0 Å². The van der Waals surface area contributed by atoms with Gasteiger partial charge in [-0.2, -0.15) is 0 Å². The molecule has 1 rings (SSSR count). The number of carboxylic acids is 1. The maximum absolute atomic E-state index is 11.7. The van der Waals surface area contributed by atoms with Crippen molar-refractivity contribution in [2.45, 2.75) is 39.7 Å². The van der Waals surface area contributed by atoms with Crippen LogP contribution in [0.5, 0.6) is 0 Å². The van der Waals surface area contributed by atoms with Crippen molar-refractivity contribution in [2.75, 3.05) is 0 Å². The molecular weight excluding hydrogens is 210 g/mol.